The summed E-state index contributed by atoms with van der Waals surface area (Å²) in [5, 5.41) is 10.1. The second kappa shape index (κ2) is 6.45. The molecule has 1 aromatic rings. The Morgan fingerprint density at radius 2 is 2.00 bits per heavy atom. The molecule has 18 heavy (non-hydrogen) atoms. The lowest BCUT2D eigenvalue weighted by molar-refractivity contribution is 0.461. The van der Waals surface area contributed by atoms with Crippen LogP contribution < -0.4 is 10.6 Å². The minimum atomic E-state index is -0.187. The third-order valence-electron chi connectivity index (χ3n) is 3.11. The van der Waals surface area contributed by atoms with Crippen LogP contribution in [-0.2, 0) is 0 Å². The first-order valence-corrected chi connectivity index (χ1v) is 6.47. The van der Waals surface area contributed by atoms with Gasteiger partial charge in [0.1, 0.15) is 5.75 Å². The van der Waals surface area contributed by atoms with Crippen LogP contribution in [0.15, 0.2) is 30.4 Å². The molecule has 1 rings (SSSR count). The summed E-state index contributed by atoms with van der Waals surface area (Å²) in [5.74, 6) is 0.271. The van der Waals surface area contributed by atoms with Crippen LogP contribution in [0.1, 0.15) is 38.8 Å². The fraction of sp³-hybridized carbons (Fsp3) is 0.467. The van der Waals surface area contributed by atoms with Crippen LogP contribution in [0.5, 0.6) is 5.75 Å². The second-order valence-electron chi connectivity index (χ2n) is 4.68. The van der Waals surface area contributed by atoms with Crippen molar-refractivity contribution in [3.05, 3.63) is 35.9 Å². The molecule has 0 aliphatic heterocycles. The van der Waals surface area contributed by atoms with Crippen LogP contribution in [0, 0.1) is 0 Å². The maximum Gasteiger partial charge on any atom is 0.122 e. The predicted octanol–water partition coefficient (Wildman–Crippen LogP) is 3.20. The van der Waals surface area contributed by atoms with Gasteiger partial charge in [0.05, 0.1) is 0 Å². The van der Waals surface area contributed by atoms with Crippen LogP contribution in [0.4, 0.5) is 5.69 Å². The van der Waals surface area contributed by atoms with E-state index in [1.165, 1.54) is 0 Å². The maximum absolute atomic E-state index is 10.1. The molecule has 0 spiro atoms. The first kappa shape index (κ1) is 14.6. The van der Waals surface area contributed by atoms with E-state index in [0.29, 0.717) is 6.42 Å². The van der Waals surface area contributed by atoms with E-state index >= 15 is 0 Å². The van der Waals surface area contributed by atoms with E-state index in [1.54, 1.807) is 6.07 Å². The fourth-order valence-corrected chi connectivity index (χ4v) is 2.12. The number of anilines is 1. The SMILES string of the molecule is C=C(C)C[C@H](N)c1ccc(N(CC)CC)cc1O. The average Bonchev–Trinajstić information content (AvgIpc) is 2.29. The molecule has 0 aliphatic carbocycles. The highest BCUT2D eigenvalue weighted by molar-refractivity contribution is 5.54. The van der Waals surface area contributed by atoms with Crippen molar-refractivity contribution in [3.63, 3.8) is 0 Å². The summed E-state index contributed by atoms with van der Waals surface area (Å²) in [6.07, 6.45) is 0.693. The largest absolute Gasteiger partial charge is 0.508 e. The summed E-state index contributed by atoms with van der Waals surface area (Å²) in [6.45, 7) is 11.8. The van der Waals surface area contributed by atoms with Crippen molar-refractivity contribution in [1.82, 2.24) is 0 Å². The van der Waals surface area contributed by atoms with Crippen molar-refractivity contribution >= 4 is 5.69 Å². The zero-order valence-electron chi connectivity index (χ0n) is 11.6. The van der Waals surface area contributed by atoms with Crippen molar-refractivity contribution in [2.24, 2.45) is 5.73 Å². The maximum atomic E-state index is 10.1. The Labute approximate surface area is 110 Å². The zero-order valence-corrected chi connectivity index (χ0v) is 11.6. The molecule has 3 heteroatoms. The Morgan fingerprint density at radius 1 is 1.39 bits per heavy atom. The van der Waals surface area contributed by atoms with Gasteiger partial charge in [-0.3, -0.25) is 0 Å². The first-order chi connectivity index (χ1) is 8.49. The van der Waals surface area contributed by atoms with Gasteiger partial charge < -0.3 is 15.7 Å². The zero-order chi connectivity index (χ0) is 13.7. The average molecular weight is 248 g/mol. The number of hydrogen-bond donors (Lipinski definition) is 2. The molecule has 0 heterocycles. The van der Waals surface area contributed by atoms with Crippen molar-refractivity contribution < 1.29 is 5.11 Å². The van der Waals surface area contributed by atoms with Gasteiger partial charge in [-0.15, -0.1) is 6.58 Å². The normalized spacial score (nSPS) is 12.2. The van der Waals surface area contributed by atoms with E-state index in [0.717, 1.165) is 29.9 Å². The molecule has 0 bridgehead atoms. The van der Waals surface area contributed by atoms with Crippen LogP contribution in [0.25, 0.3) is 0 Å². The molecule has 1 aromatic carbocycles. The molecule has 0 aliphatic rings. The van der Waals surface area contributed by atoms with Crippen molar-refractivity contribution in [2.45, 2.75) is 33.2 Å². The van der Waals surface area contributed by atoms with Crippen LogP contribution >= 0.6 is 0 Å². The van der Waals surface area contributed by atoms with E-state index in [9.17, 15) is 5.11 Å². The predicted molar refractivity (Wildman–Crippen MR) is 78.0 cm³/mol. The molecule has 0 radical (unpaired) electrons. The third kappa shape index (κ3) is 3.50. The van der Waals surface area contributed by atoms with Crippen LogP contribution in [0.2, 0.25) is 0 Å². The molecule has 0 fully saturated rings. The summed E-state index contributed by atoms with van der Waals surface area (Å²) >= 11 is 0. The van der Waals surface area contributed by atoms with Gasteiger partial charge in [-0.2, -0.15) is 0 Å². The second-order valence-corrected chi connectivity index (χ2v) is 4.68. The van der Waals surface area contributed by atoms with Gasteiger partial charge in [-0.25, -0.2) is 0 Å². The Bertz CT molecular complexity index is 411. The summed E-state index contributed by atoms with van der Waals surface area (Å²) in [4.78, 5) is 2.19. The summed E-state index contributed by atoms with van der Waals surface area (Å²) in [6, 6.07) is 5.53. The third-order valence-corrected chi connectivity index (χ3v) is 3.11. The standard InChI is InChI=1S/C15H24N2O/c1-5-17(6-2)12-7-8-13(15(18)10-12)14(16)9-11(3)4/h7-8,10,14,18H,3,5-6,9,16H2,1-2,4H3/t14-/m0/s1. The molecule has 0 saturated carbocycles. The summed E-state index contributed by atoms with van der Waals surface area (Å²) < 4.78 is 0. The molecule has 3 N–H and O–H groups in total. The van der Waals surface area contributed by atoms with Crippen molar-refractivity contribution in [2.75, 3.05) is 18.0 Å². The molecular weight excluding hydrogens is 224 g/mol. The molecule has 0 saturated heterocycles. The lowest BCUT2D eigenvalue weighted by Crippen LogP contribution is -2.21. The Balaban J connectivity index is 2.95. The Kier molecular flexibility index (Phi) is 5.23. The smallest absolute Gasteiger partial charge is 0.122 e. The number of phenolic OH excluding ortho intramolecular Hbond substituents is 1. The summed E-state index contributed by atoms with van der Waals surface area (Å²) in [7, 11) is 0. The van der Waals surface area contributed by atoms with Gasteiger partial charge in [-0.1, -0.05) is 11.6 Å². The van der Waals surface area contributed by atoms with E-state index in [1.807, 2.05) is 19.1 Å². The highest BCUT2D eigenvalue weighted by atomic mass is 16.3. The minimum absolute atomic E-state index is 0.187. The summed E-state index contributed by atoms with van der Waals surface area (Å²) in [5.41, 5.74) is 8.89. The highest BCUT2D eigenvalue weighted by Crippen LogP contribution is 2.30. The van der Waals surface area contributed by atoms with E-state index in [2.05, 4.69) is 25.3 Å². The molecule has 3 nitrogen and oxygen atoms in total. The monoisotopic (exact) mass is 248 g/mol. The number of nitrogens with zero attached hydrogens (tertiary/aromatic N) is 1. The molecule has 0 amide bonds. The van der Waals surface area contributed by atoms with Gasteiger partial charge in [0, 0.05) is 36.4 Å². The fourth-order valence-electron chi connectivity index (χ4n) is 2.12. The number of phenols is 1. The highest BCUT2D eigenvalue weighted by Gasteiger charge is 2.12. The number of benzene rings is 1. The van der Waals surface area contributed by atoms with Gasteiger partial charge in [0.2, 0.25) is 0 Å². The number of aromatic hydroxyl groups is 1. The molecule has 0 unspecified atom stereocenters. The number of nitrogens with two attached hydrogens (primary N) is 1. The van der Waals surface area contributed by atoms with Crippen molar-refractivity contribution in [1.29, 1.82) is 0 Å². The molecule has 100 valence electrons. The van der Waals surface area contributed by atoms with Crippen LogP contribution in [-0.4, -0.2) is 18.2 Å². The van der Waals surface area contributed by atoms with Crippen molar-refractivity contribution in [3.8, 4) is 5.75 Å². The Morgan fingerprint density at radius 3 is 2.44 bits per heavy atom. The Hall–Kier alpha value is -1.48. The number of rotatable bonds is 6. The van der Waals surface area contributed by atoms with E-state index < -0.39 is 0 Å². The molecule has 1 atom stereocenters. The van der Waals surface area contributed by atoms with Gasteiger partial charge >= 0.3 is 0 Å². The quantitative estimate of drug-likeness (QED) is 0.760. The van der Waals surface area contributed by atoms with Gasteiger partial charge in [0.25, 0.3) is 0 Å². The molecular formula is C15H24N2O. The van der Waals surface area contributed by atoms with Crippen LogP contribution in [0.3, 0.4) is 0 Å². The van der Waals surface area contributed by atoms with E-state index in [-0.39, 0.29) is 11.8 Å². The molecule has 0 aromatic heterocycles. The lowest BCUT2D eigenvalue weighted by Gasteiger charge is -2.22. The first-order valence-electron chi connectivity index (χ1n) is 6.47. The van der Waals surface area contributed by atoms with Gasteiger partial charge in [0.15, 0.2) is 0 Å². The van der Waals surface area contributed by atoms with E-state index in [4.69, 9.17) is 5.73 Å². The number of hydrogen-bond acceptors (Lipinski definition) is 3. The minimum Gasteiger partial charge on any atom is -0.508 e. The lowest BCUT2D eigenvalue weighted by atomic mass is 10.00. The van der Waals surface area contributed by atoms with Gasteiger partial charge in [-0.05, 0) is 33.3 Å². The topological polar surface area (TPSA) is 49.5 Å².